The zero-order valence-electron chi connectivity index (χ0n) is 40.9. The molecule has 0 aromatic carbocycles. The van der Waals surface area contributed by atoms with Crippen molar-refractivity contribution in [2.24, 2.45) is 0 Å². The number of hydrogen-bond acceptors (Lipinski definition) is 3. The number of nitrogens with one attached hydrogen (secondary N) is 1. The number of allylic oxidation sites excluding steroid dienone is 9. The average molecular weight is 852 g/mol. The van der Waals surface area contributed by atoms with Crippen molar-refractivity contribution in [3.8, 4) is 0 Å². The standard InChI is InChI=1S/C57H105NO3/c1-3-5-7-9-11-13-15-17-19-21-23-25-27-29-31-33-35-37-39-41-43-45-47-49-51-53-57(61)58-55(54-59)56(60)52-50-48-46-44-42-40-38-36-34-32-30-28-26-24-22-20-18-16-14-12-10-8-6-4-2/h23,25,29,31,34,36,42,44,50,52,55-56,59-60H,3-22,24,26-28,30,32-33,35,37-41,43,45-49,51,53-54H2,1-2H3,(H,58,61)/b25-23-,31-29-,36-34+,44-42+,52-50+. The normalized spacial score (nSPS) is 13.3. The van der Waals surface area contributed by atoms with Gasteiger partial charge in [-0.1, -0.05) is 254 Å². The largest absolute Gasteiger partial charge is 0.394 e. The van der Waals surface area contributed by atoms with Crippen molar-refractivity contribution in [2.45, 2.75) is 289 Å². The van der Waals surface area contributed by atoms with Crippen LogP contribution in [0.25, 0.3) is 0 Å². The quantitative estimate of drug-likeness (QED) is 0.0422. The lowest BCUT2D eigenvalue weighted by Gasteiger charge is -2.19. The van der Waals surface area contributed by atoms with Crippen LogP contribution in [0.4, 0.5) is 0 Å². The lowest BCUT2D eigenvalue weighted by Crippen LogP contribution is -2.45. The third-order valence-corrected chi connectivity index (χ3v) is 12.2. The molecule has 0 aliphatic carbocycles. The Morgan fingerprint density at radius 3 is 1.05 bits per heavy atom. The molecule has 4 nitrogen and oxygen atoms in total. The summed E-state index contributed by atoms with van der Waals surface area (Å²) in [6.07, 6.45) is 73.7. The highest BCUT2D eigenvalue weighted by atomic mass is 16.3. The summed E-state index contributed by atoms with van der Waals surface area (Å²) in [7, 11) is 0. The molecule has 61 heavy (non-hydrogen) atoms. The van der Waals surface area contributed by atoms with Crippen molar-refractivity contribution in [3.63, 3.8) is 0 Å². The zero-order chi connectivity index (χ0) is 44.2. The van der Waals surface area contributed by atoms with E-state index in [2.05, 4.69) is 67.8 Å². The lowest BCUT2D eigenvalue weighted by atomic mass is 10.0. The average Bonchev–Trinajstić information content (AvgIpc) is 3.26. The third-order valence-electron chi connectivity index (χ3n) is 12.2. The highest BCUT2D eigenvalue weighted by molar-refractivity contribution is 5.76. The van der Waals surface area contributed by atoms with Crippen molar-refractivity contribution in [3.05, 3.63) is 60.8 Å². The van der Waals surface area contributed by atoms with E-state index < -0.39 is 12.1 Å². The summed E-state index contributed by atoms with van der Waals surface area (Å²) in [5, 5.41) is 23.1. The van der Waals surface area contributed by atoms with Gasteiger partial charge in [0.25, 0.3) is 0 Å². The SMILES string of the molecule is CCCCCCCCCCC/C=C\C/C=C\CCCCCCCCCCCC(=O)NC(CO)C(O)/C=C/CC/C=C/CC/C=C/CCCCCCCCCCCCCCCC. The van der Waals surface area contributed by atoms with E-state index in [0.29, 0.717) is 6.42 Å². The van der Waals surface area contributed by atoms with E-state index >= 15 is 0 Å². The van der Waals surface area contributed by atoms with Crippen molar-refractivity contribution >= 4 is 5.91 Å². The fourth-order valence-electron chi connectivity index (χ4n) is 8.07. The van der Waals surface area contributed by atoms with Gasteiger partial charge in [-0.25, -0.2) is 0 Å². The minimum Gasteiger partial charge on any atom is -0.394 e. The second-order valence-electron chi connectivity index (χ2n) is 18.3. The highest BCUT2D eigenvalue weighted by Gasteiger charge is 2.17. The Morgan fingerprint density at radius 2 is 0.689 bits per heavy atom. The second-order valence-corrected chi connectivity index (χ2v) is 18.3. The molecular weight excluding hydrogens is 747 g/mol. The lowest BCUT2D eigenvalue weighted by molar-refractivity contribution is -0.123. The van der Waals surface area contributed by atoms with Crippen molar-refractivity contribution in [2.75, 3.05) is 6.61 Å². The molecule has 1 amide bonds. The maximum absolute atomic E-state index is 12.5. The summed E-state index contributed by atoms with van der Waals surface area (Å²) >= 11 is 0. The van der Waals surface area contributed by atoms with Crippen LogP contribution in [0.1, 0.15) is 277 Å². The van der Waals surface area contributed by atoms with Crippen LogP contribution in [0.15, 0.2) is 60.8 Å². The number of aliphatic hydroxyl groups is 2. The Balaban J connectivity index is 3.60. The van der Waals surface area contributed by atoms with Crippen LogP contribution in [0, 0.1) is 0 Å². The zero-order valence-corrected chi connectivity index (χ0v) is 40.9. The first-order valence-corrected chi connectivity index (χ1v) is 27.0. The van der Waals surface area contributed by atoms with Crippen LogP contribution >= 0.6 is 0 Å². The molecule has 0 aromatic heterocycles. The molecule has 4 heteroatoms. The fourth-order valence-corrected chi connectivity index (χ4v) is 8.07. The molecule has 0 saturated carbocycles. The molecule has 2 unspecified atom stereocenters. The molecular formula is C57H105NO3. The van der Waals surface area contributed by atoms with E-state index in [-0.39, 0.29) is 12.5 Å². The maximum Gasteiger partial charge on any atom is 0.220 e. The summed E-state index contributed by atoms with van der Waals surface area (Å²) in [6, 6.07) is -0.651. The maximum atomic E-state index is 12.5. The predicted molar refractivity (Wildman–Crippen MR) is 271 cm³/mol. The van der Waals surface area contributed by atoms with E-state index in [1.165, 1.54) is 212 Å². The number of unbranched alkanes of at least 4 members (excludes halogenated alkanes) is 34. The number of carbonyl (C=O) groups excluding carboxylic acids is 1. The Labute approximate surface area is 381 Å². The first-order valence-electron chi connectivity index (χ1n) is 27.0. The first kappa shape index (κ1) is 59.1. The van der Waals surface area contributed by atoms with Crippen molar-refractivity contribution < 1.29 is 15.0 Å². The van der Waals surface area contributed by atoms with Gasteiger partial charge in [-0.05, 0) is 77.0 Å². The molecule has 0 aromatic rings. The van der Waals surface area contributed by atoms with E-state index in [4.69, 9.17) is 0 Å². The van der Waals surface area contributed by atoms with Gasteiger partial charge in [-0.15, -0.1) is 0 Å². The first-order chi connectivity index (χ1) is 30.2. The van der Waals surface area contributed by atoms with Gasteiger partial charge in [0.1, 0.15) is 0 Å². The van der Waals surface area contributed by atoms with Gasteiger partial charge in [-0.3, -0.25) is 4.79 Å². The van der Waals surface area contributed by atoms with E-state index in [1.807, 2.05) is 6.08 Å². The Bertz CT molecular complexity index is 1010. The fraction of sp³-hybridized carbons (Fsp3) is 0.807. The van der Waals surface area contributed by atoms with Gasteiger partial charge < -0.3 is 15.5 Å². The molecule has 0 rings (SSSR count). The van der Waals surface area contributed by atoms with Crippen LogP contribution in [0.2, 0.25) is 0 Å². The third kappa shape index (κ3) is 49.0. The van der Waals surface area contributed by atoms with Gasteiger partial charge in [0.2, 0.25) is 5.91 Å². The van der Waals surface area contributed by atoms with Gasteiger partial charge in [0.05, 0.1) is 18.8 Å². The van der Waals surface area contributed by atoms with Gasteiger partial charge in [-0.2, -0.15) is 0 Å². The minimum absolute atomic E-state index is 0.0813. The molecule has 0 saturated heterocycles. The smallest absolute Gasteiger partial charge is 0.220 e. The van der Waals surface area contributed by atoms with E-state index in [0.717, 1.165) is 44.9 Å². The minimum atomic E-state index is -0.875. The van der Waals surface area contributed by atoms with Crippen LogP contribution in [0.3, 0.4) is 0 Å². The van der Waals surface area contributed by atoms with E-state index in [1.54, 1.807) is 6.08 Å². The molecule has 0 aliphatic rings. The molecule has 0 aliphatic heterocycles. The van der Waals surface area contributed by atoms with Gasteiger partial charge in [0.15, 0.2) is 0 Å². The van der Waals surface area contributed by atoms with Gasteiger partial charge >= 0.3 is 0 Å². The summed E-state index contributed by atoms with van der Waals surface area (Å²) in [6.45, 7) is 4.31. The molecule has 0 heterocycles. The molecule has 0 spiro atoms. The number of hydrogen-bond donors (Lipinski definition) is 3. The number of aliphatic hydroxyl groups excluding tert-OH is 2. The number of carbonyl (C=O) groups is 1. The summed E-state index contributed by atoms with van der Waals surface area (Å²) in [5.74, 6) is -0.0813. The monoisotopic (exact) mass is 852 g/mol. The van der Waals surface area contributed by atoms with Gasteiger partial charge in [0, 0.05) is 6.42 Å². The Kier molecular flexibility index (Phi) is 50.8. The predicted octanol–water partition coefficient (Wildman–Crippen LogP) is 17.6. The Morgan fingerprint density at radius 1 is 0.393 bits per heavy atom. The van der Waals surface area contributed by atoms with E-state index in [9.17, 15) is 15.0 Å². The molecule has 0 radical (unpaired) electrons. The number of amides is 1. The van der Waals surface area contributed by atoms with Crippen LogP contribution in [0.5, 0.6) is 0 Å². The summed E-state index contributed by atoms with van der Waals surface area (Å²) in [5.41, 5.74) is 0. The van der Waals surface area contributed by atoms with Crippen LogP contribution in [-0.2, 0) is 4.79 Å². The molecule has 2 atom stereocenters. The number of rotatable bonds is 49. The molecule has 0 fully saturated rings. The van der Waals surface area contributed by atoms with Crippen molar-refractivity contribution in [1.82, 2.24) is 5.32 Å². The molecule has 0 bridgehead atoms. The van der Waals surface area contributed by atoms with Crippen LogP contribution in [-0.4, -0.2) is 34.9 Å². The topological polar surface area (TPSA) is 69.6 Å². The molecule has 3 N–H and O–H groups in total. The van der Waals surface area contributed by atoms with Crippen molar-refractivity contribution in [1.29, 1.82) is 0 Å². The van der Waals surface area contributed by atoms with Crippen LogP contribution < -0.4 is 5.32 Å². The summed E-state index contributed by atoms with van der Waals surface area (Å²) in [4.78, 5) is 12.5. The Hall–Kier alpha value is -1.91. The second kappa shape index (κ2) is 52.4. The molecule has 356 valence electrons. The summed E-state index contributed by atoms with van der Waals surface area (Å²) < 4.78 is 0. The highest BCUT2D eigenvalue weighted by Crippen LogP contribution is 2.15.